The van der Waals surface area contributed by atoms with E-state index in [0.717, 1.165) is 12.2 Å². The third-order valence-corrected chi connectivity index (χ3v) is 2.63. The van der Waals surface area contributed by atoms with Crippen molar-refractivity contribution in [2.45, 2.75) is 0 Å². The standard InChI is InChI=1S/C15H12O5/c1-19-14(17)8-9-15(18)20-13-7-3-4-10-11(13)5-2-6-12(10)16/h2-9,16H,1H3/b9-8-. The number of ether oxygens (including phenoxy) is 2. The highest BCUT2D eigenvalue weighted by Crippen LogP contribution is 2.31. The van der Waals surface area contributed by atoms with Crippen molar-refractivity contribution in [3.63, 3.8) is 0 Å². The Balaban J connectivity index is 2.26. The predicted octanol–water partition coefficient (Wildman–Crippen LogP) is 2.18. The molecule has 0 spiro atoms. The smallest absolute Gasteiger partial charge is 0.336 e. The first-order valence-electron chi connectivity index (χ1n) is 5.80. The van der Waals surface area contributed by atoms with Gasteiger partial charge < -0.3 is 14.6 Å². The molecule has 0 unspecified atom stereocenters. The molecule has 0 aliphatic rings. The molecular weight excluding hydrogens is 260 g/mol. The molecule has 0 bridgehead atoms. The average molecular weight is 272 g/mol. The van der Waals surface area contributed by atoms with Gasteiger partial charge >= 0.3 is 11.9 Å². The maximum Gasteiger partial charge on any atom is 0.336 e. The molecule has 0 amide bonds. The molecule has 2 aromatic rings. The zero-order chi connectivity index (χ0) is 14.5. The first kappa shape index (κ1) is 13.6. The molecular formula is C15H12O5. The van der Waals surface area contributed by atoms with E-state index in [4.69, 9.17) is 4.74 Å². The maximum absolute atomic E-state index is 11.6. The largest absolute Gasteiger partial charge is 0.507 e. The van der Waals surface area contributed by atoms with Crippen LogP contribution in [0.3, 0.4) is 0 Å². The molecule has 0 saturated heterocycles. The number of benzene rings is 2. The van der Waals surface area contributed by atoms with Gasteiger partial charge in [-0.05, 0) is 12.1 Å². The van der Waals surface area contributed by atoms with Crippen LogP contribution in [-0.4, -0.2) is 24.2 Å². The lowest BCUT2D eigenvalue weighted by Gasteiger charge is -2.06. The number of carbonyl (C=O) groups excluding carboxylic acids is 2. The summed E-state index contributed by atoms with van der Waals surface area (Å²) in [6.45, 7) is 0. The zero-order valence-corrected chi connectivity index (χ0v) is 10.7. The third kappa shape index (κ3) is 2.95. The SMILES string of the molecule is COC(=O)/C=C\C(=O)Oc1cccc2c(O)cccc12. The molecule has 5 nitrogen and oxygen atoms in total. The van der Waals surface area contributed by atoms with Crippen molar-refractivity contribution < 1.29 is 24.2 Å². The van der Waals surface area contributed by atoms with Crippen molar-refractivity contribution in [2.75, 3.05) is 7.11 Å². The summed E-state index contributed by atoms with van der Waals surface area (Å²) < 4.78 is 9.50. The van der Waals surface area contributed by atoms with Gasteiger partial charge in [0.15, 0.2) is 0 Å². The van der Waals surface area contributed by atoms with Crippen LogP contribution in [0.5, 0.6) is 11.5 Å². The van der Waals surface area contributed by atoms with E-state index in [-0.39, 0.29) is 5.75 Å². The lowest BCUT2D eigenvalue weighted by Crippen LogP contribution is -2.06. The van der Waals surface area contributed by atoms with Crippen molar-refractivity contribution in [2.24, 2.45) is 0 Å². The first-order valence-corrected chi connectivity index (χ1v) is 5.80. The van der Waals surface area contributed by atoms with Crippen LogP contribution in [0.15, 0.2) is 48.6 Å². The first-order chi connectivity index (χ1) is 9.61. The van der Waals surface area contributed by atoms with E-state index >= 15 is 0 Å². The van der Waals surface area contributed by atoms with Crippen LogP contribution in [0.1, 0.15) is 0 Å². The Morgan fingerprint density at radius 3 is 2.40 bits per heavy atom. The molecule has 102 valence electrons. The van der Waals surface area contributed by atoms with Crippen molar-refractivity contribution in [1.29, 1.82) is 0 Å². The van der Waals surface area contributed by atoms with Crippen LogP contribution >= 0.6 is 0 Å². The van der Waals surface area contributed by atoms with Gasteiger partial charge in [-0.15, -0.1) is 0 Å². The number of esters is 2. The van der Waals surface area contributed by atoms with E-state index in [0.29, 0.717) is 16.5 Å². The molecule has 2 rings (SSSR count). The number of fused-ring (bicyclic) bond motifs is 1. The van der Waals surface area contributed by atoms with E-state index in [9.17, 15) is 14.7 Å². The molecule has 5 heteroatoms. The van der Waals surface area contributed by atoms with Gasteiger partial charge in [-0.2, -0.15) is 0 Å². The Morgan fingerprint density at radius 2 is 1.65 bits per heavy atom. The highest BCUT2D eigenvalue weighted by atomic mass is 16.5. The summed E-state index contributed by atoms with van der Waals surface area (Å²) in [5.74, 6) is -0.938. The fraction of sp³-hybridized carbons (Fsp3) is 0.0667. The quantitative estimate of drug-likeness (QED) is 0.526. The number of phenols is 1. The normalized spacial score (nSPS) is 10.7. The summed E-state index contributed by atoms with van der Waals surface area (Å²) in [7, 11) is 1.21. The van der Waals surface area contributed by atoms with Gasteiger partial charge in [0.1, 0.15) is 11.5 Å². The lowest BCUT2D eigenvalue weighted by molar-refractivity contribution is -0.135. The number of hydrogen-bond acceptors (Lipinski definition) is 5. The van der Waals surface area contributed by atoms with Crippen molar-refractivity contribution in [3.05, 3.63) is 48.6 Å². The molecule has 0 heterocycles. The Bertz CT molecular complexity index is 688. The average Bonchev–Trinajstić information content (AvgIpc) is 2.46. The van der Waals surface area contributed by atoms with Crippen LogP contribution in [0.2, 0.25) is 0 Å². The monoisotopic (exact) mass is 272 g/mol. The molecule has 0 fully saturated rings. The molecule has 0 saturated carbocycles. The summed E-state index contributed by atoms with van der Waals surface area (Å²) in [5.41, 5.74) is 0. The Kier molecular flexibility index (Phi) is 4.00. The second kappa shape index (κ2) is 5.88. The topological polar surface area (TPSA) is 72.8 Å². The summed E-state index contributed by atoms with van der Waals surface area (Å²) >= 11 is 0. The highest BCUT2D eigenvalue weighted by Gasteiger charge is 2.08. The number of carbonyl (C=O) groups is 2. The summed E-state index contributed by atoms with van der Waals surface area (Å²) in [6.07, 6.45) is 1.96. The van der Waals surface area contributed by atoms with E-state index in [1.165, 1.54) is 7.11 Å². The van der Waals surface area contributed by atoms with Crippen molar-refractivity contribution in [1.82, 2.24) is 0 Å². The molecule has 20 heavy (non-hydrogen) atoms. The van der Waals surface area contributed by atoms with Crippen LogP contribution in [0.4, 0.5) is 0 Å². The minimum atomic E-state index is -0.703. The maximum atomic E-state index is 11.6. The summed E-state index contributed by atoms with van der Waals surface area (Å²) in [4.78, 5) is 22.5. The molecule has 2 aromatic carbocycles. The van der Waals surface area contributed by atoms with Gasteiger partial charge in [-0.1, -0.05) is 24.3 Å². The van der Waals surface area contributed by atoms with Gasteiger partial charge in [0.25, 0.3) is 0 Å². The van der Waals surface area contributed by atoms with Crippen molar-refractivity contribution >= 4 is 22.7 Å². The number of hydrogen-bond donors (Lipinski definition) is 1. The van der Waals surface area contributed by atoms with Crippen molar-refractivity contribution in [3.8, 4) is 11.5 Å². The number of rotatable bonds is 3. The molecule has 0 atom stereocenters. The summed E-state index contributed by atoms with van der Waals surface area (Å²) in [6, 6.07) is 9.90. The Labute approximate surface area is 115 Å². The van der Waals surface area contributed by atoms with E-state index in [2.05, 4.69) is 4.74 Å². The molecule has 0 radical (unpaired) electrons. The molecule has 0 aliphatic carbocycles. The van der Waals surface area contributed by atoms with Gasteiger partial charge in [-0.3, -0.25) is 0 Å². The minimum absolute atomic E-state index is 0.102. The zero-order valence-electron chi connectivity index (χ0n) is 10.7. The van der Waals surface area contributed by atoms with Gasteiger partial charge in [0, 0.05) is 22.9 Å². The predicted molar refractivity (Wildman–Crippen MR) is 72.4 cm³/mol. The second-order valence-corrected chi connectivity index (χ2v) is 3.91. The Morgan fingerprint density at radius 1 is 1.00 bits per heavy atom. The van der Waals surface area contributed by atoms with E-state index in [1.54, 1.807) is 36.4 Å². The third-order valence-electron chi connectivity index (χ3n) is 2.63. The lowest BCUT2D eigenvalue weighted by atomic mass is 10.1. The molecule has 1 N–H and O–H groups in total. The van der Waals surface area contributed by atoms with Crippen LogP contribution in [0, 0.1) is 0 Å². The van der Waals surface area contributed by atoms with Gasteiger partial charge in [0.05, 0.1) is 7.11 Å². The number of methoxy groups -OCH3 is 1. The Hall–Kier alpha value is -2.82. The number of aromatic hydroxyl groups is 1. The minimum Gasteiger partial charge on any atom is -0.507 e. The molecule has 0 aliphatic heterocycles. The summed E-state index contributed by atoms with van der Waals surface area (Å²) in [5, 5.41) is 10.9. The van der Waals surface area contributed by atoms with E-state index < -0.39 is 11.9 Å². The fourth-order valence-electron chi connectivity index (χ4n) is 1.70. The van der Waals surface area contributed by atoms with Gasteiger partial charge in [-0.25, -0.2) is 9.59 Å². The molecule has 0 aromatic heterocycles. The highest BCUT2D eigenvalue weighted by molar-refractivity contribution is 5.97. The van der Waals surface area contributed by atoms with Gasteiger partial charge in [0.2, 0.25) is 0 Å². The van der Waals surface area contributed by atoms with Crippen LogP contribution in [-0.2, 0) is 14.3 Å². The van der Waals surface area contributed by atoms with Crippen LogP contribution in [0.25, 0.3) is 10.8 Å². The fourth-order valence-corrected chi connectivity index (χ4v) is 1.70. The van der Waals surface area contributed by atoms with E-state index in [1.807, 2.05) is 0 Å². The number of phenolic OH excluding ortho intramolecular Hbond substituents is 1. The van der Waals surface area contributed by atoms with Crippen LogP contribution < -0.4 is 4.74 Å². The second-order valence-electron chi connectivity index (χ2n) is 3.91.